The monoisotopic (exact) mass is 429 g/mol. The summed E-state index contributed by atoms with van der Waals surface area (Å²) >= 11 is 4.85. The minimum absolute atomic E-state index is 0.146. The number of anilines is 2. The molecule has 3 rings (SSSR count). The number of hydrogen-bond acceptors (Lipinski definition) is 4. The van der Waals surface area contributed by atoms with E-state index < -0.39 is 0 Å². The van der Waals surface area contributed by atoms with Crippen LogP contribution >= 0.6 is 27.3 Å². The van der Waals surface area contributed by atoms with Crippen LogP contribution in [-0.4, -0.2) is 24.0 Å². The van der Waals surface area contributed by atoms with Gasteiger partial charge < -0.3 is 4.90 Å². The summed E-state index contributed by atoms with van der Waals surface area (Å²) in [6.07, 6.45) is 0. The standard InChI is InChI=1S/C20H20BrN3OS/c1-3-24(4-2)17-11-7-15(8-12-17)19(25)23-20-22-18(13-26-20)14-5-9-16(21)10-6-14/h5-13H,3-4H2,1-2H3,(H,22,23,25). The number of hydrogen-bond donors (Lipinski definition) is 1. The summed E-state index contributed by atoms with van der Waals surface area (Å²) in [6, 6.07) is 15.6. The fourth-order valence-electron chi connectivity index (χ4n) is 2.67. The van der Waals surface area contributed by atoms with Crippen LogP contribution in [-0.2, 0) is 0 Å². The van der Waals surface area contributed by atoms with E-state index in [-0.39, 0.29) is 5.91 Å². The Hall–Kier alpha value is -2.18. The van der Waals surface area contributed by atoms with E-state index in [0.717, 1.165) is 34.5 Å². The zero-order valence-electron chi connectivity index (χ0n) is 14.7. The molecule has 0 aliphatic heterocycles. The summed E-state index contributed by atoms with van der Waals surface area (Å²) in [5.74, 6) is -0.146. The highest BCUT2D eigenvalue weighted by atomic mass is 79.9. The fourth-order valence-corrected chi connectivity index (χ4v) is 3.65. The number of carbonyl (C=O) groups excluding carboxylic acids is 1. The van der Waals surface area contributed by atoms with Crippen molar-refractivity contribution < 1.29 is 4.79 Å². The first-order valence-corrected chi connectivity index (χ1v) is 10.2. The van der Waals surface area contributed by atoms with Gasteiger partial charge in [0.2, 0.25) is 0 Å². The van der Waals surface area contributed by atoms with Crippen LogP contribution in [0.2, 0.25) is 0 Å². The number of thiazole rings is 1. The van der Waals surface area contributed by atoms with Crippen LogP contribution in [0, 0.1) is 0 Å². The lowest BCUT2D eigenvalue weighted by atomic mass is 10.2. The first kappa shape index (κ1) is 18.6. The van der Waals surface area contributed by atoms with Crippen LogP contribution in [0.4, 0.5) is 10.8 Å². The van der Waals surface area contributed by atoms with Crippen LogP contribution < -0.4 is 10.2 Å². The molecule has 1 aromatic heterocycles. The number of carbonyl (C=O) groups is 1. The molecule has 3 aromatic rings. The summed E-state index contributed by atoms with van der Waals surface area (Å²) in [7, 11) is 0. The van der Waals surface area contributed by atoms with Crippen molar-refractivity contribution in [3.63, 3.8) is 0 Å². The molecular weight excluding hydrogens is 410 g/mol. The third kappa shape index (κ3) is 4.31. The molecule has 26 heavy (non-hydrogen) atoms. The molecule has 0 unspecified atom stereocenters. The van der Waals surface area contributed by atoms with E-state index in [1.165, 1.54) is 11.3 Å². The molecule has 0 bridgehead atoms. The minimum atomic E-state index is -0.146. The van der Waals surface area contributed by atoms with Crippen molar-refractivity contribution in [1.82, 2.24) is 4.98 Å². The van der Waals surface area contributed by atoms with Crippen LogP contribution in [0.3, 0.4) is 0 Å². The van der Waals surface area contributed by atoms with E-state index in [2.05, 4.69) is 45.0 Å². The minimum Gasteiger partial charge on any atom is -0.372 e. The van der Waals surface area contributed by atoms with E-state index in [4.69, 9.17) is 0 Å². The van der Waals surface area contributed by atoms with Gasteiger partial charge in [0.05, 0.1) is 5.69 Å². The zero-order valence-corrected chi connectivity index (χ0v) is 17.1. The van der Waals surface area contributed by atoms with Gasteiger partial charge in [-0.2, -0.15) is 0 Å². The van der Waals surface area contributed by atoms with E-state index in [1.807, 2.05) is 53.9 Å². The topological polar surface area (TPSA) is 45.2 Å². The lowest BCUT2D eigenvalue weighted by Crippen LogP contribution is -2.21. The van der Waals surface area contributed by atoms with Crippen molar-refractivity contribution in [3.8, 4) is 11.3 Å². The van der Waals surface area contributed by atoms with Crippen molar-refractivity contribution in [2.75, 3.05) is 23.3 Å². The Morgan fingerprint density at radius 3 is 2.35 bits per heavy atom. The number of rotatable bonds is 6. The zero-order chi connectivity index (χ0) is 18.5. The van der Waals surface area contributed by atoms with Gasteiger partial charge >= 0.3 is 0 Å². The molecule has 4 nitrogen and oxygen atoms in total. The second-order valence-corrected chi connectivity index (χ2v) is 7.49. The number of nitrogens with one attached hydrogen (secondary N) is 1. The molecule has 0 radical (unpaired) electrons. The Morgan fingerprint density at radius 2 is 1.73 bits per heavy atom. The Morgan fingerprint density at radius 1 is 1.08 bits per heavy atom. The van der Waals surface area contributed by atoms with Crippen molar-refractivity contribution in [2.45, 2.75) is 13.8 Å². The largest absolute Gasteiger partial charge is 0.372 e. The Labute approximate surface area is 166 Å². The molecule has 1 amide bonds. The molecule has 2 aromatic carbocycles. The van der Waals surface area contributed by atoms with Crippen LogP contribution in [0.1, 0.15) is 24.2 Å². The van der Waals surface area contributed by atoms with Gasteiger partial charge in [0.25, 0.3) is 5.91 Å². The second-order valence-electron chi connectivity index (χ2n) is 5.72. The summed E-state index contributed by atoms with van der Waals surface area (Å²) in [5.41, 5.74) is 3.63. The van der Waals surface area contributed by atoms with E-state index in [0.29, 0.717) is 10.7 Å². The van der Waals surface area contributed by atoms with Gasteiger partial charge in [0.15, 0.2) is 5.13 Å². The molecule has 134 valence electrons. The molecule has 1 heterocycles. The molecule has 0 aliphatic rings. The van der Waals surface area contributed by atoms with Gasteiger partial charge in [-0.05, 0) is 50.2 Å². The van der Waals surface area contributed by atoms with Gasteiger partial charge in [0, 0.05) is 39.8 Å². The van der Waals surface area contributed by atoms with Gasteiger partial charge in [-0.15, -0.1) is 11.3 Å². The predicted octanol–water partition coefficient (Wildman–Crippen LogP) is 5.67. The van der Waals surface area contributed by atoms with E-state index in [9.17, 15) is 4.79 Å². The first-order valence-electron chi connectivity index (χ1n) is 8.48. The Bertz CT molecular complexity index is 871. The maximum absolute atomic E-state index is 12.5. The SMILES string of the molecule is CCN(CC)c1ccc(C(=O)Nc2nc(-c3ccc(Br)cc3)cs2)cc1. The number of benzene rings is 2. The summed E-state index contributed by atoms with van der Waals surface area (Å²) in [6.45, 7) is 6.13. The summed E-state index contributed by atoms with van der Waals surface area (Å²) in [4.78, 5) is 19.2. The Kier molecular flexibility index (Phi) is 6.06. The third-order valence-corrected chi connectivity index (χ3v) is 5.41. The highest BCUT2D eigenvalue weighted by molar-refractivity contribution is 9.10. The molecule has 0 saturated carbocycles. The normalized spacial score (nSPS) is 10.6. The molecule has 0 aliphatic carbocycles. The fraction of sp³-hybridized carbons (Fsp3) is 0.200. The molecule has 0 fully saturated rings. The molecule has 1 N–H and O–H groups in total. The van der Waals surface area contributed by atoms with Crippen molar-refractivity contribution in [1.29, 1.82) is 0 Å². The van der Waals surface area contributed by atoms with Crippen LogP contribution in [0.15, 0.2) is 58.4 Å². The maximum atomic E-state index is 12.5. The Balaban J connectivity index is 1.69. The van der Waals surface area contributed by atoms with E-state index >= 15 is 0 Å². The third-order valence-electron chi connectivity index (χ3n) is 4.12. The van der Waals surface area contributed by atoms with Gasteiger partial charge in [-0.1, -0.05) is 28.1 Å². The average Bonchev–Trinajstić information content (AvgIpc) is 3.12. The number of amides is 1. The lowest BCUT2D eigenvalue weighted by molar-refractivity contribution is 0.102. The summed E-state index contributed by atoms with van der Waals surface area (Å²) < 4.78 is 1.03. The van der Waals surface area contributed by atoms with Crippen molar-refractivity contribution in [3.05, 3.63) is 63.9 Å². The second kappa shape index (κ2) is 8.47. The molecular formula is C20H20BrN3OS. The quantitative estimate of drug-likeness (QED) is 0.548. The van der Waals surface area contributed by atoms with E-state index in [1.54, 1.807) is 0 Å². The molecule has 0 atom stereocenters. The number of aromatic nitrogens is 1. The van der Waals surface area contributed by atoms with Crippen molar-refractivity contribution >= 4 is 44.0 Å². The average molecular weight is 430 g/mol. The smallest absolute Gasteiger partial charge is 0.257 e. The van der Waals surface area contributed by atoms with Gasteiger partial charge in [-0.3, -0.25) is 10.1 Å². The molecule has 6 heteroatoms. The lowest BCUT2D eigenvalue weighted by Gasteiger charge is -2.20. The van der Waals surface area contributed by atoms with Gasteiger partial charge in [0.1, 0.15) is 0 Å². The predicted molar refractivity (Wildman–Crippen MR) is 113 cm³/mol. The van der Waals surface area contributed by atoms with Crippen LogP contribution in [0.25, 0.3) is 11.3 Å². The van der Waals surface area contributed by atoms with Crippen molar-refractivity contribution in [2.24, 2.45) is 0 Å². The maximum Gasteiger partial charge on any atom is 0.257 e. The first-order chi connectivity index (χ1) is 12.6. The highest BCUT2D eigenvalue weighted by Crippen LogP contribution is 2.26. The molecule has 0 saturated heterocycles. The molecule has 0 spiro atoms. The van der Waals surface area contributed by atoms with Gasteiger partial charge in [-0.25, -0.2) is 4.98 Å². The highest BCUT2D eigenvalue weighted by Gasteiger charge is 2.11. The summed E-state index contributed by atoms with van der Waals surface area (Å²) in [5, 5.41) is 5.43. The number of nitrogens with zero attached hydrogens (tertiary/aromatic N) is 2. The number of halogens is 1. The van der Waals surface area contributed by atoms with Crippen LogP contribution in [0.5, 0.6) is 0 Å².